The number of fused-ring (bicyclic) bond motifs is 1. The maximum atomic E-state index is 12.2. The Kier molecular flexibility index (Phi) is 3.37. The quantitative estimate of drug-likeness (QED) is 0.771. The van der Waals surface area contributed by atoms with Crippen LogP contribution in [0, 0.1) is 0 Å². The largest absolute Gasteiger partial charge is 0.356 e. The van der Waals surface area contributed by atoms with Gasteiger partial charge in [0, 0.05) is 31.6 Å². The zero-order valence-corrected chi connectivity index (χ0v) is 11.0. The number of piperazine rings is 1. The van der Waals surface area contributed by atoms with Crippen LogP contribution in [0.4, 0.5) is 0 Å². The summed E-state index contributed by atoms with van der Waals surface area (Å²) < 4.78 is 5.20. The smallest absolute Gasteiger partial charge is 0.228 e. The van der Waals surface area contributed by atoms with Crippen molar-refractivity contribution in [1.82, 2.24) is 15.0 Å². The molecule has 0 N–H and O–H groups in total. The predicted octanol–water partition coefficient (Wildman–Crippen LogP) is 0.671. The molecule has 20 heavy (non-hydrogen) atoms. The first-order valence-electron chi connectivity index (χ1n) is 6.58. The van der Waals surface area contributed by atoms with Gasteiger partial charge in [0.25, 0.3) is 0 Å². The first-order chi connectivity index (χ1) is 9.78. The Bertz CT molecular complexity index is 629. The summed E-state index contributed by atoms with van der Waals surface area (Å²) >= 11 is 0. The number of nitrogens with zero attached hydrogens (tertiary/aromatic N) is 3. The van der Waals surface area contributed by atoms with E-state index in [1.165, 1.54) is 0 Å². The number of hydrogen-bond acceptors (Lipinski definition) is 4. The first kappa shape index (κ1) is 12.7. The van der Waals surface area contributed by atoms with Gasteiger partial charge in [-0.05, 0) is 12.1 Å². The van der Waals surface area contributed by atoms with Crippen LogP contribution in [0.5, 0.6) is 0 Å². The number of carbonyl (C=O) groups excluding carboxylic acids is 2. The second-order valence-corrected chi connectivity index (χ2v) is 4.82. The van der Waals surface area contributed by atoms with Crippen LogP contribution in [0.2, 0.25) is 0 Å². The molecule has 1 aliphatic rings. The Labute approximate surface area is 115 Å². The van der Waals surface area contributed by atoms with Gasteiger partial charge in [-0.15, -0.1) is 0 Å². The van der Waals surface area contributed by atoms with E-state index < -0.39 is 0 Å². The van der Waals surface area contributed by atoms with E-state index in [1.54, 1.807) is 9.80 Å². The number of hydrogen-bond donors (Lipinski definition) is 0. The van der Waals surface area contributed by atoms with Crippen LogP contribution in [0.15, 0.2) is 28.8 Å². The van der Waals surface area contributed by atoms with Crippen LogP contribution in [-0.4, -0.2) is 53.5 Å². The molecule has 104 valence electrons. The molecule has 0 spiro atoms. The summed E-state index contributed by atoms with van der Waals surface area (Å²) in [5, 5.41) is 4.85. The SMILES string of the molecule is O=CN1CCN(C(=O)Cc2noc3ccccc23)CC1. The second-order valence-electron chi connectivity index (χ2n) is 4.82. The van der Waals surface area contributed by atoms with Crippen molar-refractivity contribution in [2.45, 2.75) is 6.42 Å². The molecule has 1 saturated heterocycles. The van der Waals surface area contributed by atoms with E-state index in [0.717, 1.165) is 11.8 Å². The van der Waals surface area contributed by atoms with Crippen molar-refractivity contribution >= 4 is 23.3 Å². The van der Waals surface area contributed by atoms with E-state index in [9.17, 15) is 9.59 Å². The van der Waals surface area contributed by atoms with Crippen molar-refractivity contribution in [2.24, 2.45) is 0 Å². The van der Waals surface area contributed by atoms with Crippen molar-refractivity contribution < 1.29 is 14.1 Å². The summed E-state index contributed by atoms with van der Waals surface area (Å²) in [5.74, 6) is 0.0228. The average Bonchev–Trinajstić information content (AvgIpc) is 2.91. The van der Waals surface area contributed by atoms with E-state index in [4.69, 9.17) is 4.52 Å². The van der Waals surface area contributed by atoms with E-state index >= 15 is 0 Å². The molecule has 6 nitrogen and oxygen atoms in total. The highest BCUT2D eigenvalue weighted by atomic mass is 16.5. The summed E-state index contributed by atoms with van der Waals surface area (Å²) in [5.41, 5.74) is 1.37. The Morgan fingerprint density at radius 1 is 1.25 bits per heavy atom. The molecule has 0 unspecified atom stereocenters. The third kappa shape index (κ3) is 2.36. The number of benzene rings is 1. The summed E-state index contributed by atoms with van der Waals surface area (Å²) in [6.07, 6.45) is 1.06. The molecule has 3 rings (SSSR count). The highest BCUT2D eigenvalue weighted by Gasteiger charge is 2.22. The highest BCUT2D eigenvalue weighted by Crippen LogP contribution is 2.18. The van der Waals surface area contributed by atoms with Gasteiger partial charge >= 0.3 is 0 Å². The first-order valence-corrected chi connectivity index (χ1v) is 6.58. The van der Waals surface area contributed by atoms with Crippen LogP contribution in [0.25, 0.3) is 11.0 Å². The molecule has 1 aliphatic heterocycles. The van der Waals surface area contributed by atoms with Crippen molar-refractivity contribution in [3.8, 4) is 0 Å². The lowest BCUT2D eigenvalue weighted by atomic mass is 10.1. The van der Waals surface area contributed by atoms with Crippen molar-refractivity contribution in [1.29, 1.82) is 0 Å². The Balaban J connectivity index is 1.69. The molecule has 6 heteroatoms. The van der Waals surface area contributed by atoms with E-state index in [-0.39, 0.29) is 12.3 Å². The minimum Gasteiger partial charge on any atom is -0.356 e. The lowest BCUT2D eigenvalue weighted by Gasteiger charge is -2.32. The fourth-order valence-corrected chi connectivity index (χ4v) is 2.40. The van der Waals surface area contributed by atoms with Crippen LogP contribution >= 0.6 is 0 Å². The highest BCUT2D eigenvalue weighted by molar-refractivity contribution is 5.86. The van der Waals surface area contributed by atoms with E-state index in [1.807, 2.05) is 24.3 Å². The fraction of sp³-hybridized carbons (Fsp3) is 0.357. The molecule has 1 aromatic carbocycles. The number of para-hydroxylation sites is 1. The Morgan fingerprint density at radius 3 is 2.75 bits per heavy atom. The fourth-order valence-electron chi connectivity index (χ4n) is 2.40. The van der Waals surface area contributed by atoms with Gasteiger partial charge in [0.2, 0.25) is 12.3 Å². The molecule has 1 aromatic heterocycles. The van der Waals surface area contributed by atoms with Gasteiger partial charge in [0.15, 0.2) is 5.58 Å². The van der Waals surface area contributed by atoms with E-state index in [2.05, 4.69) is 5.16 Å². The monoisotopic (exact) mass is 273 g/mol. The molecule has 2 aromatic rings. The average molecular weight is 273 g/mol. The summed E-state index contributed by atoms with van der Waals surface area (Å²) in [4.78, 5) is 26.3. The van der Waals surface area contributed by atoms with Crippen LogP contribution < -0.4 is 0 Å². The van der Waals surface area contributed by atoms with Gasteiger partial charge in [-0.3, -0.25) is 9.59 Å². The molecule has 0 saturated carbocycles. The summed E-state index contributed by atoms with van der Waals surface area (Å²) in [7, 11) is 0. The summed E-state index contributed by atoms with van der Waals surface area (Å²) in [6, 6.07) is 7.51. The normalized spacial score (nSPS) is 15.6. The van der Waals surface area contributed by atoms with Crippen LogP contribution in [-0.2, 0) is 16.0 Å². The van der Waals surface area contributed by atoms with E-state index in [0.29, 0.717) is 37.5 Å². The Hall–Kier alpha value is -2.37. The minimum atomic E-state index is 0.0228. The topological polar surface area (TPSA) is 66.7 Å². The number of amides is 2. The van der Waals surface area contributed by atoms with Crippen LogP contribution in [0.1, 0.15) is 5.69 Å². The van der Waals surface area contributed by atoms with Crippen LogP contribution in [0.3, 0.4) is 0 Å². The van der Waals surface area contributed by atoms with Gasteiger partial charge < -0.3 is 14.3 Å². The maximum absolute atomic E-state index is 12.2. The van der Waals surface area contributed by atoms with Gasteiger partial charge in [-0.1, -0.05) is 17.3 Å². The van der Waals surface area contributed by atoms with Gasteiger partial charge in [0.05, 0.1) is 6.42 Å². The maximum Gasteiger partial charge on any atom is 0.228 e. The number of aromatic nitrogens is 1. The second kappa shape index (κ2) is 5.32. The molecule has 0 aliphatic carbocycles. The zero-order chi connectivity index (χ0) is 13.9. The lowest BCUT2D eigenvalue weighted by molar-refractivity contribution is -0.134. The minimum absolute atomic E-state index is 0.0228. The predicted molar refractivity (Wildman–Crippen MR) is 71.9 cm³/mol. The third-order valence-electron chi connectivity index (χ3n) is 3.59. The number of rotatable bonds is 3. The van der Waals surface area contributed by atoms with Gasteiger partial charge in [0.1, 0.15) is 5.69 Å². The van der Waals surface area contributed by atoms with Crippen molar-refractivity contribution in [3.05, 3.63) is 30.0 Å². The molecule has 0 bridgehead atoms. The zero-order valence-electron chi connectivity index (χ0n) is 11.0. The standard InChI is InChI=1S/C14H15N3O3/c18-10-16-5-7-17(8-6-16)14(19)9-12-11-3-1-2-4-13(11)20-15-12/h1-4,10H,5-9H2. The molecule has 2 heterocycles. The molecule has 0 radical (unpaired) electrons. The lowest BCUT2D eigenvalue weighted by Crippen LogP contribution is -2.48. The molecule has 2 amide bonds. The van der Waals surface area contributed by atoms with Crippen molar-refractivity contribution in [2.75, 3.05) is 26.2 Å². The Morgan fingerprint density at radius 2 is 2.00 bits per heavy atom. The van der Waals surface area contributed by atoms with Gasteiger partial charge in [-0.2, -0.15) is 0 Å². The molecular weight excluding hydrogens is 258 g/mol. The molecular formula is C14H15N3O3. The number of carbonyl (C=O) groups is 2. The molecule has 0 atom stereocenters. The summed E-state index contributed by atoms with van der Waals surface area (Å²) in [6.45, 7) is 2.34. The molecule has 1 fully saturated rings. The van der Waals surface area contributed by atoms with Gasteiger partial charge in [-0.25, -0.2) is 0 Å². The van der Waals surface area contributed by atoms with Crippen molar-refractivity contribution in [3.63, 3.8) is 0 Å². The third-order valence-corrected chi connectivity index (χ3v) is 3.59.